The van der Waals surface area contributed by atoms with E-state index in [1.54, 1.807) is 37.1 Å². The Kier molecular flexibility index (Phi) is 6.99. The second-order valence-electron chi connectivity index (χ2n) is 8.93. The largest absolute Gasteiger partial charge is 0.497 e. The quantitative estimate of drug-likeness (QED) is 0.339. The molecule has 2 N–H and O–H groups in total. The molecule has 0 fully saturated rings. The Morgan fingerprint density at radius 3 is 2.55 bits per heavy atom. The number of hydrogen-bond acceptors (Lipinski definition) is 7. The minimum absolute atomic E-state index is 0.318. The number of fused-ring (bicyclic) bond motifs is 1. The third-order valence-corrected chi connectivity index (χ3v) is 6.42. The van der Waals surface area contributed by atoms with Crippen LogP contribution >= 0.6 is 0 Å². The standard InChI is InChI=1S/C29H29N5O4/c1-18-9-11-20(12-10-18)16-38-24-8-6-5-7-22(24)27-26(19(2)32-29-30-17-31-34(27)29)28(35)33-23-15-21(36-3)13-14-25(23)37-4/h5-15,17,27H,16H2,1-4H3,(H,33,35)(H,30,31,32)/t27-/m0/s1. The zero-order valence-corrected chi connectivity index (χ0v) is 21.7. The number of aryl methyl sites for hydroxylation is 1. The summed E-state index contributed by atoms with van der Waals surface area (Å²) in [6.45, 7) is 4.28. The van der Waals surface area contributed by atoms with Gasteiger partial charge in [-0.05, 0) is 37.6 Å². The first-order valence-corrected chi connectivity index (χ1v) is 12.2. The molecule has 0 unspecified atom stereocenters. The van der Waals surface area contributed by atoms with Gasteiger partial charge in [0.05, 0.1) is 25.5 Å². The molecule has 9 nitrogen and oxygen atoms in total. The molecule has 1 aliphatic rings. The maximum absolute atomic E-state index is 13.9. The number of benzene rings is 3. The number of carbonyl (C=O) groups excluding carboxylic acids is 1. The molecule has 0 saturated carbocycles. The minimum atomic E-state index is -0.584. The number of nitrogens with zero attached hydrogens (tertiary/aromatic N) is 3. The minimum Gasteiger partial charge on any atom is -0.497 e. The van der Waals surface area contributed by atoms with E-state index in [0.29, 0.717) is 46.8 Å². The molecular formula is C29H29N5O4. The van der Waals surface area contributed by atoms with Crippen LogP contribution in [-0.4, -0.2) is 34.9 Å². The van der Waals surface area contributed by atoms with E-state index >= 15 is 0 Å². The van der Waals surface area contributed by atoms with Crippen molar-refractivity contribution >= 4 is 17.5 Å². The van der Waals surface area contributed by atoms with Crippen molar-refractivity contribution in [3.8, 4) is 17.2 Å². The molecule has 3 aromatic carbocycles. The van der Waals surface area contributed by atoms with Gasteiger partial charge in [0, 0.05) is 17.3 Å². The van der Waals surface area contributed by atoms with Crippen LogP contribution in [0.25, 0.3) is 0 Å². The molecule has 1 atom stereocenters. The zero-order chi connectivity index (χ0) is 26.6. The molecular weight excluding hydrogens is 482 g/mol. The Morgan fingerprint density at radius 1 is 1.00 bits per heavy atom. The molecule has 194 valence electrons. The van der Waals surface area contributed by atoms with Gasteiger partial charge in [-0.3, -0.25) is 4.79 Å². The van der Waals surface area contributed by atoms with Gasteiger partial charge in [0.2, 0.25) is 5.95 Å². The molecule has 0 bridgehead atoms. The Balaban J connectivity index is 1.52. The van der Waals surface area contributed by atoms with Crippen LogP contribution in [0, 0.1) is 6.92 Å². The van der Waals surface area contributed by atoms with E-state index in [4.69, 9.17) is 14.2 Å². The monoisotopic (exact) mass is 511 g/mol. The molecule has 5 rings (SSSR count). The summed E-state index contributed by atoms with van der Waals surface area (Å²) in [6.07, 6.45) is 1.46. The summed E-state index contributed by atoms with van der Waals surface area (Å²) in [5, 5.41) is 10.6. The lowest BCUT2D eigenvalue weighted by Crippen LogP contribution is -2.31. The average molecular weight is 512 g/mol. The van der Waals surface area contributed by atoms with Crippen molar-refractivity contribution in [2.24, 2.45) is 0 Å². The van der Waals surface area contributed by atoms with Gasteiger partial charge in [0.15, 0.2) is 0 Å². The molecule has 0 aliphatic carbocycles. The topological polar surface area (TPSA) is 99.5 Å². The van der Waals surface area contributed by atoms with Crippen LogP contribution in [0.1, 0.15) is 29.7 Å². The van der Waals surface area contributed by atoms with E-state index in [0.717, 1.165) is 11.1 Å². The summed E-state index contributed by atoms with van der Waals surface area (Å²) in [4.78, 5) is 18.2. The normalized spacial score (nSPS) is 14.4. The van der Waals surface area contributed by atoms with Crippen molar-refractivity contribution in [3.05, 3.63) is 101 Å². The van der Waals surface area contributed by atoms with Crippen LogP contribution in [0.3, 0.4) is 0 Å². The average Bonchev–Trinajstić information content (AvgIpc) is 3.40. The molecule has 0 spiro atoms. The Bertz CT molecular complexity index is 1490. The molecule has 38 heavy (non-hydrogen) atoms. The number of hydrogen-bond donors (Lipinski definition) is 2. The Hall–Kier alpha value is -4.79. The van der Waals surface area contributed by atoms with Gasteiger partial charge < -0.3 is 24.8 Å². The predicted molar refractivity (Wildman–Crippen MR) is 145 cm³/mol. The first-order valence-electron chi connectivity index (χ1n) is 12.2. The van der Waals surface area contributed by atoms with Crippen molar-refractivity contribution in [1.29, 1.82) is 0 Å². The third kappa shape index (κ3) is 4.90. The second-order valence-corrected chi connectivity index (χ2v) is 8.93. The van der Waals surface area contributed by atoms with Crippen molar-refractivity contribution in [1.82, 2.24) is 14.8 Å². The van der Waals surface area contributed by atoms with Crippen LogP contribution in [0.4, 0.5) is 11.6 Å². The smallest absolute Gasteiger partial charge is 0.255 e. The van der Waals surface area contributed by atoms with Gasteiger partial charge in [-0.25, -0.2) is 4.68 Å². The SMILES string of the molecule is COc1ccc(OC)c(NC(=O)C2=C(C)Nc3ncnn3[C@H]2c2ccccc2OCc2ccc(C)cc2)c1. The van der Waals surface area contributed by atoms with E-state index < -0.39 is 6.04 Å². The summed E-state index contributed by atoms with van der Waals surface area (Å²) >= 11 is 0. The lowest BCUT2D eigenvalue weighted by Gasteiger charge is -2.30. The van der Waals surface area contributed by atoms with Crippen molar-refractivity contribution in [2.45, 2.75) is 26.5 Å². The molecule has 4 aromatic rings. The Labute approximate surface area is 221 Å². The summed E-state index contributed by atoms with van der Waals surface area (Å²) in [5.74, 6) is 1.98. The highest BCUT2D eigenvalue weighted by Gasteiger charge is 2.35. The van der Waals surface area contributed by atoms with Crippen molar-refractivity contribution in [3.63, 3.8) is 0 Å². The van der Waals surface area contributed by atoms with E-state index in [9.17, 15) is 4.79 Å². The summed E-state index contributed by atoms with van der Waals surface area (Å²) in [5.41, 5.74) is 4.64. The van der Waals surface area contributed by atoms with E-state index in [1.165, 1.54) is 11.9 Å². The number of amides is 1. The lowest BCUT2D eigenvalue weighted by molar-refractivity contribution is -0.113. The van der Waals surface area contributed by atoms with Gasteiger partial charge >= 0.3 is 0 Å². The highest BCUT2D eigenvalue weighted by molar-refractivity contribution is 6.06. The number of methoxy groups -OCH3 is 2. The molecule has 1 amide bonds. The van der Waals surface area contributed by atoms with Crippen LogP contribution in [0.15, 0.2) is 84.3 Å². The van der Waals surface area contributed by atoms with Gasteiger partial charge in [0.1, 0.15) is 36.2 Å². The van der Waals surface area contributed by atoms with Crippen molar-refractivity contribution in [2.75, 3.05) is 24.9 Å². The Morgan fingerprint density at radius 2 is 1.79 bits per heavy atom. The van der Waals surface area contributed by atoms with Crippen molar-refractivity contribution < 1.29 is 19.0 Å². The molecule has 1 aliphatic heterocycles. The number of para-hydroxylation sites is 1. The zero-order valence-electron chi connectivity index (χ0n) is 21.7. The van der Waals surface area contributed by atoms with Gasteiger partial charge in [-0.1, -0.05) is 48.0 Å². The fraction of sp³-hybridized carbons (Fsp3) is 0.207. The fourth-order valence-corrected chi connectivity index (χ4v) is 4.46. The molecule has 1 aromatic heterocycles. The van der Waals surface area contributed by atoms with Gasteiger partial charge in [-0.2, -0.15) is 10.1 Å². The van der Waals surface area contributed by atoms with Crippen LogP contribution < -0.4 is 24.8 Å². The third-order valence-electron chi connectivity index (χ3n) is 6.42. The van der Waals surface area contributed by atoms with Gasteiger partial charge in [0.25, 0.3) is 5.91 Å². The number of nitrogens with one attached hydrogen (secondary N) is 2. The molecule has 0 radical (unpaired) electrons. The summed E-state index contributed by atoms with van der Waals surface area (Å²) < 4.78 is 18.8. The molecule has 0 saturated heterocycles. The highest BCUT2D eigenvalue weighted by Crippen LogP contribution is 2.40. The number of allylic oxidation sites excluding steroid dienone is 1. The molecule has 2 heterocycles. The number of aromatic nitrogens is 3. The van der Waals surface area contributed by atoms with Crippen LogP contribution in [-0.2, 0) is 11.4 Å². The molecule has 9 heteroatoms. The number of rotatable bonds is 8. The first kappa shape index (κ1) is 24.9. The number of anilines is 2. The van der Waals surface area contributed by atoms with E-state index in [-0.39, 0.29) is 5.91 Å². The summed E-state index contributed by atoms with van der Waals surface area (Å²) in [6, 6.07) is 20.5. The number of ether oxygens (including phenoxy) is 3. The van der Waals surface area contributed by atoms with Gasteiger partial charge in [-0.15, -0.1) is 0 Å². The highest BCUT2D eigenvalue weighted by atomic mass is 16.5. The fourth-order valence-electron chi connectivity index (χ4n) is 4.46. The predicted octanol–water partition coefficient (Wildman–Crippen LogP) is 5.11. The van der Waals surface area contributed by atoms with Crippen LogP contribution in [0.2, 0.25) is 0 Å². The maximum atomic E-state index is 13.9. The van der Waals surface area contributed by atoms with E-state index in [2.05, 4.69) is 39.8 Å². The lowest BCUT2D eigenvalue weighted by atomic mass is 9.94. The summed E-state index contributed by atoms with van der Waals surface area (Å²) in [7, 11) is 3.12. The maximum Gasteiger partial charge on any atom is 0.255 e. The van der Waals surface area contributed by atoms with Crippen LogP contribution in [0.5, 0.6) is 17.2 Å². The second kappa shape index (κ2) is 10.7. The first-order chi connectivity index (χ1) is 18.5. The number of carbonyl (C=O) groups is 1. The van der Waals surface area contributed by atoms with E-state index in [1.807, 2.05) is 43.3 Å².